The molecule has 0 spiro atoms. The minimum absolute atomic E-state index is 0.209. The average Bonchev–Trinajstić information content (AvgIpc) is 3.00. The second-order valence-electron chi connectivity index (χ2n) is 5.91. The van der Waals surface area contributed by atoms with Crippen molar-refractivity contribution in [2.75, 3.05) is 12.4 Å². The van der Waals surface area contributed by atoms with Crippen molar-refractivity contribution in [2.45, 2.75) is 18.2 Å². The summed E-state index contributed by atoms with van der Waals surface area (Å²) in [4.78, 5) is 0. The molecule has 0 aliphatic carbocycles. The molecule has 1 aromatic heterocycles. The number of hydrogen-bond donors (Lipinski definition) is 1. The third kappa shape index (κ3) is 4.42. The van der Waals surface area contributed by atoms with Crippen molar-refractivity contribution < 1.29 is 14.2 Å². The Labute approximate surface area is 155 Å². The topological polar surface area (TPSA) is 60.2 Å². The lowest BCUT2D eigenvalue weighted by atomic mass is 10.2. The molecule has 0 aliphatic heterocycles. The van der Waals surface area contributed by atoms with Gasteiger partial charge in [0.05, 0.1) is 6.10 Å². The zero-order chi connectivity index (χ0) is 18.5. The van der Waals surface area contributed by atoms with Crippen molar-refractivity contribution in [1.82, 2.24) is 14.8 Å². The summed E-state index contributed by atoms with van der Waals surface area (Å²) < 4.78 is 20.5. The van der Waals surface area contributed by atoms with E-state index in [0.29, 0.717) is 16.7 Å². The molecule has 5 nitrogen and oxygen atoms in total. The van der Waals surface area contributed by atoms with Crippen LogP contribution in [0.25, 0.3) is 11.4 Å². The number of benzene rings is 2. The molecule has 0 unspecified atom stereocenters. The van der Waals surface area contributed by atoms with Crippen LogP contribution in [0, 0.1) is 12.7 Å². The lowest BCUT2D eigenvalue weighted by Crippen LogP contribution is -2.20. The van der Waals surface area contributed by atoms with Crippen molar-refractivity contribution in [1.29, 1.82) is 0 Å². The minimum atomic E-state index is -0.634. The Bertz CT molecular complexity index is 867. The van der Waals surface area contributed by atoms with E-state index < -0.39 is 6.10 Å². The van der Waals surface area contributed by atoms with Crippen LogP contribution in [0.15, 0.2) is 53.7 Å². The van der Waals surface area contributed by atoms with Crippen molar-refractivity contribution in [3.05, 3.63) is 59.9 Å². The van der Waals surface area contributed by atoms with Crippen LogP contribution < -0.4 is 4.74 Å². The maximum Gasteiger partial charge on any atom is 0.191 e. The third-order valence-electron chi connectivity index (χ3n) is 3.87. The van der Waals surface area contributed by atoms with Gasteiger partial charge in [0.1, 0.15) is 18.2 Å². The van der Waals surface area contributed by atoms with Gasteiger partial charge in [0.15, 0.2) is 11.0 Å². The molecule has 0 bridgehead atoms. The number of aliphatic hydroxyl groups excluding tert-OH is 1. The fraction of sp³-hybridized carbons (Fsp3) is 0.263. The molecule has 1 heterocycles. The van der Waals surface area contributed by atoms with E-state index in [1.54, 1.807) is 12.1 Å². The van der Waals surface area contributed by atoms with Crippen molar-refractivity contribution >= 4 is 11.8 Å². The zero-order valence-corrected chi connectivity index (χ0v) is 15.4. The Morgan fingerprint density at radius 3 is 2.62 bits per heavy atom. The fourth-order valence-electron chi connectivity index (χ4n) is 2.41. The first kappa shape index (κ1) is 18.4. The van der Waals surface area contributed by atoms with Crippen molar-refractivity contribution in [3.63, 3.8) is 0 Å². The van der Waals surface area contributed by atoms with Crippen molar-refractivity contribution in [2.24, 2.45) is 7.05 Å². The highest BCUT2D eigenvalue weighted by Crippen LogP contribution is 2.23. The molecule has 7 heteroatoms. The number of aryl methyl sites for hydroxylation is 1. The normalized spacial score (nSPS) is 12.2. The number of hydrogen-bond acceptors (Lipinski definition) is 5. The first-order valence-corrected chi connectivity index (χ1v) is 9.18. The lowest BCUT2D eigenvalue weighted by molar-refractivity contribution is 0.126. The summed E-state index contributed by atoms with van der Waals surface area (Å²) in [5.41, 5.74) is 1.82. The summed E-state index contributed by atoms with van der Waals surface area (Å²) in [7, 11) is 1.84. The standard InChI is InChI=1S/C19H20FN3O2S/c1-13-5-3-4-6-17(13)25-11-16(24)12-26-19-22-21-18(23(19)2)14-7-9-15(20)10-8-14/h3-10,16,24H,11-12H2,1-2H3/t16-/m1/s1. The predicted octanol–water partition coefficient (Wildman–Crippen LogP) is 3.46. The molecule has 0 aliphatic rings. The number of halogens is 1. The van der Waals surface area contributed by atoms with Crippen LogP contribution in [0.4, 0.5) is 4.39 Å². The smallest absolute Gasteiger partial charge is 0.191 e. The van der Waals surface area contributed by atoms with Gasteiger partial charge >= 0.3 is 0 Å². The quantitative estimate of drug-likeness (QED) is 0.643. The molecule has 3 aromatic rings. The van der Waals surface area contributed by atoms with Crippen LogP contribution in [0.3, 0.4) is 0 Å². The Kier molecular flexibility index (Phi) is 5.90. The predicted molar refractivity (Wildman–Crippen MR) is 99.8 cm³/mol. The van der Waals surface area contributed by atoms with Gasteiger partial charge in [-0.1, -0.05) is 30.0 Å². The van der Waals surface area contributed by atoms with E-state index >= 15 is 0 Å². The monoisotopic (exact) mass is 373 g/mol. The van der Waals surface area contributed by atoms with Gasteiger partial charge in [0, 0.05) is 18.4 Å². The average molecular weight is 373 g/mol. The molecule has 0 amide bonds. The number of ether oxygens (including phenoxy) is 1. The second-order valence-corrected chi connectivity index (χ2v) is 6.90. The van der Waals surface area contributed by atoms with Gasteiger partial charge in [-0.05, 0) is 42.8 Å². The molecular formula is C19H20FN3O2S. The molecule has 136 valence electrons. The molecule has 0 saturated carbocycles. The van der Waals surface area contributed by atoms with Crippen molar-refractivity contribution in [3.8, 4) is 17.1 Å². The van der Waals surface area contributed by atoms with Crippen LogP contribution in [0.2, 0.25) is 0 Å². The van der Waals surface area contributed by atoms with E-state index in [0.717, 1.165) is 16.9 Å². The summed E-state index contributed by atoms with van der Waals surface area (Å²) in [6.07, 6.45) is -0.634. The molecule has 2 aromatic carbocycles. The SMILES string of the molecule is Cc1ccccc1OC[C@@H](O)CSc1nnc(-c2ccc(F)cc2)n1C. The number of rotatable bonds is 7. The molecule has 0 radical (unpaired) electrons. The van der Waals surface area contributed by atoms with Crippen LogP contribution >= 0.6 is 11.8 Å². The van der Waals surface area contributed by atoms with E-state index in [1.165, 1.54) is 23.9 Å². The van der Waals surface area contributed by atoms with E-state index in [-0.39, 0.29) is 12.4 Å². The van der Waals surface area contributed by atoms with Gasteiger partial charge < -0.3 is 14.4 Å². The third-order valence-corrected chi connectivity index (χ3v) is 5.03. The van der Waals surface area contributed by atoms with Gasteiger partial charge in [0.25, 0.3) is 0 Å². The van der Waals surface area contributed by atoms with Gasteiger partial charge in [-0.15, -0.1) is 10.2 Å². The summed E-state index contributed by atoms with van der Waals surface area (Å²) >= 11 is 1.40. The van der Waals surface area contributed by atoms with Gasteiger partial charge in [-0.2, -0.15) is 0 Å². The highest BCUT2D eigenvalue weighted by molar-refractivity contribution is 7.99. The van der Waals surface area contributed by atoms with E-state index in [1.807, 2.05) is 42.8 Å². The Morgan fingerprint density at radius 2 is 1.88 bits per heavy atom. The highest BCUT2D eigenvalue weighted by atomic mass is 32.2. The lowest BCUT2D eigenvalue weighted by Gasteiger charge is -2.13. The minimum Gasteiger partial charge on any atom is -0.491 e. The zero-order valence-electron chi connectivity index (χ0n) is 14.6. The Morgan fingerprint density at radius 1 is 1.15 bits per heavy atom. The van der Waals surface area contributed by atoms with E-state index in [2.05, 4.69) is 10.2 Å². The van der Waals surface area contributed by atoms with Crippen LogP contribution in [0.1, 0.15) is 5.56 Å². The van der Waals surface area contributed by atoms with Gasteiger partial charge in [-0.25, -0.2) is 4.39 Å². The highest BCUT2D eigenvalue weighted by Gasteiger charge is 2.14. The molecule has 0 fully saturated rings. The summed E-state index contributed by atoms with van der Waals surface area (Å²) in [6.45, 7) is 2.17. The number of nitrogens with zero attached hydrogens (tertiary/aromatic N) is 3. The maximum atomic E-state index is 13.1. The molecule has 3 rings (SSSR count). The molecule has 1 N–H and O–H groups in total. The number of thioether (sulfide) groups is 1. The number of aromatic nitrogens is 3. The molecule has 26 heavy (non-hydrogen) atoms. The first-order chi connectivity index (χ1) is 12.5. The van der Waals surface area contributed by atoms with E-state index in [9.17, 15) is 9.50 Å². The number of para-hydroxylation sites is 1. The largest absolute Gasteiger partial charge is 0.491 e. The Hall–Kier alpha value is -2.38. The van der Waals surface area contributed by atoms with E-state index in [4.69, 9.17) is 4.74 Å². The molecule has 0 saturated heterocycles. The summed E-state index contributed by atoms with van der Waals surface area (Å²) in [5.74, 6) is 1.57. The Balaban J connectivity index is 1.56. The van der Waals surface area contributed by atoms with Crippen LogP contribution in [0.5, 0.6) is 5.75 Å². The summed E-state index contributed by atoms with van der Waals surface area (Å²) in [6, 6.07) is 13.8. The summed E-state index contributed by atoms with van der Waals surface area (Å²) in [5, 5.41) is 19.1. The maximum absolute atomic E-state index is 13.1. The molecular weight excluding hydrogens is 353 g/mol. The van der Waals surface area contributed by atoms with Crippen LogP contribution in [-0.4, -0.2) is 38.3 Å². The number of aliphatic hydroxyl groups is 1. The van der Waals surface area contributed by atoms with Crippen LogP contribution in [-0.2, 0) is 7.05 Å². The first-order valence-electron chi connectivity index (χ1n) is 8.19. The fourth-order valence-corrected chi connectivity index (χ4v) is 3.23. The van der Waals surface area contributed by atoms with Gasteiger partial charge in [-0.3, -0.25) is 0 Å². The van der Waals surface area contributed by atoms with Gasteiger partial charge in [0.2, 0.25) is 0 Å². The molecule has 1 atom stereocenters. The second kappa shape index (κ2) is 8.33.